The zero-order valence-corrected chi connectivity index (χ0v) is 16.6. The molecule has 0 saturated heterocycles. The predicted molar refractivity (Wildman–Crippen MR) is 108 cm³/mol. The molecule has 0 unspecified atom stereocenters. The van der Waals surface area contributed by atoms with Crippen LogP contribution in [0, 0.1) is 13.8 Å². The number of benzene rings is 2. The number of amides is 1. The van der Waals surface area contributed by atoms with Crippen LogP contribution in [0.5, 0.6) is 0 Å². The van der Waals surface area contributed by atoms with Gasteiger partial charge in [-0.2, -0.15) is 0 Å². The van der Waals surface area contributed by atoms with E-state index in [0.717, 1.165) is 16.9 Å². The van der Waals surface area contributed by atoms with Gasteiger partial charge in [0.05, 0.1) is 12.8 Å². The van der Waals surface area contributed by atoms with Gasteiger partial charge in [0.25, 0.3) is 0 Å². The molecule has 0 radical (unpaired) electrons. The standard InChI is InChI=1S/C21H23N3O2S/c1-4-27-18-9-7-16(8-10-18)13-20-23-24-21(26-20)22-19(25)12-17-6-5-14(2)15(3)11-17/h5-11H,4,12-13H2,1-3H3,(H,22,24,25). The Labute approximate surface area is 163 Å². The fourth-order valence-corrected chi connectivity index (χ4v) is 3.34. The van der Waals surface area contributed by atoms with Gasteiger partial charge in [0.1, 0.15) is 0 Å². The van der Waals surface area contributed by atoms with E-state index in [2.05, 4.69) is 53.6 Å². The summed E-state index contributed by atoms with van der Waals surface area (Å²) >= 11 is 1.80. The summed E-state index contributed by atoms with van der Waals surface area (Å²) in [5, 5.41) is 10.6. The molecule has 27 heavy (non-hydrogen) atoms. The lowest BCUT2D eigenvalue weighted by molar-refractivity contribution is -0.115. The second-order valence-corrected chi connectivity index (χ2v) is 7.74. The number of aryl methyl sites for hydroxylation is 2. The average molecular weight is 382 g/mol. The van der Waals surface area contributed by atoms with Crippen LogP contribution in [0.3, 0.4) is 0 Å². The Hall–Kier alpha value is -2.60. The quantitative estimate of drug-likeness (QED) is 0.607. The van der Waals surface area contributed by atoms with Gasteiger partial charge in [0.2, 0.25) is 11.8 Å². The first kappa shape index (κ1) is 19.2. The van der Waals surface area contributed by atoms with E-state index in [1.165, 1.54) is 16.0 Å². The molecule has 0 fully saturated rings. The topological polar surface area (TPSA) is 68.0 Å². The molecule has 5 nitrogen and oxygen atoms in total. The third-order valence-electron chi connectivity index (χ3n) is 4.24. The van der Waals surface area contributed by atoms with E-state index >= 15 is 0 Å². The molecule has 0 aliphatic rings. The molecule has 1 N–H and O–H groups in total. The molecule has 1 amide bonds. The smallest absolute Gasteiger partial charge is 0.322 e. The zero-order valence-electron chi connectivity index (χ0n) is 15.8. The first-order chi connectivity index (χ1) is 13.0. The van der Waals surface area contributed by atoms with Gasteiger partial charge >= 0.3 is 6.01 Å². The number of hydrogen-bond acceptors (Lipinski definition) is 5. The van der Waals surface area contributed by atoms with Gasteiger partial charge in [-0.15, -0.1) is 16.9 Å². The first-order valence-corrected chi connectivity index (χ1v) is 9.92. The third-order valence-corrected chi connectivity index (χ3v) is 5.13. The molecular formula is C21H23N3O2S. The Kier molecular flexibility index (Phi) is 6.29. The molecule has 0 atom stereocenters. The maximum Gasteiger partial charge on any atom is 0.322 e. The van der Waals surface area contributed by atoms with Crippen molar-refractivity contribution in [3.05, 3.63) is 70.6 Å². The highest BCUT2D eigenvalue weighted by molar-refractivity contribution is 7.99. The lowest BCUT2D eigenvalue weighted by atomic mass is 10.0. The van der Waals surface area contributed by atoms with Crippen molar-refractivity contribution in [1.29, 1.82) is 0 Å². The van der Waals surface area contributed by atoms with Gasteiger partial charge in [0, 0.05) is 4.90 Å². The fourth-order valence-electron chi connectivity index (χ4n) is 2.68. The van der Waals surface area contributed by atoms with Gasteiger partial charge in [-0.1, -0.05) is 42.4 Å². The van der Waals surface area contributed by atoms with Crippen molar-refractivity contribution in [2.45, 2.75) is 38.5 Å². The highest BCUT2D eigenvalue weighted by Crippen LogP contribution is 2.19. The Morgan fingerprint density at radius 2 is 1.78 bits per heavy atom. The van der Waals surface area contributed by atoms with Crippen molar-refractivity contribution >= 4 is 23.7 Å². The van der Waals surface area contributed by atoms with Crippen molar-refractivity contribution in [3.8, 4) is 0 Å². The van der Waals surface area contributed by atoms with Gasteiger partial charge in [0.15, 0.2) is 0 Å². The molecule has 0 aliphatic carbocycles. The highest BCUT2D eigenvalue weighted by atomic mass is 32.2. The van der Waals surface area contributed by atoms with Crippen LogP contribution in [0.4, 0.5) is 6.01 Å². The largest absolute Gasteiger partial charge is 0.407 e. The number of anilines is 1. The van der Waals surface area contributed by atoms with E-state index in [-0.39, 0.29) is 18.3 Å². The van der Waals surface area contributed by atoms with Crippen LogP contribution < -0.4 is 5.32 Å². The van der Waals surface area contributed by atoms with Crippen LogP contribution in [0.2, 0.25) is 0 Å². The first-order valence-electron chi connectivity index (χ1n) is 8.93. The molecule has 3 aromatic rings. The minimum Gasteiger partial charge on any atom is -0.407 e. The van der Waals surface area contributed by atoms with E-state index in [0.29, 0.717) is 12.3 Å². The zero-order chi connectivity index (χ0) is 19.2. The number of carbonyl (C=O) groups excluding carboxylic acids is 1. The van der Waals surface area contributed by atoms with E-state index in [4.69, 9.17) is 4.42 Å². The minimum absolute atomic E-state index is 0.136. The SMILES string of the molecule is CCSc1ccc(Cc2nnc(NC(=O)Cc3ccc(C)c(C)c3)o2)cc1. The van der Waals surface area contributed by atoms with E-state index in [1.807, 2.05) is 25.1 Å². The Morgan fingerprint density at radius 1 is 1.04 bits per heavy atom. The van der Waals surface area contributed by atoms with Crippen molar-refractivity contribution in [2.75, 3.05) is 11.1 Å². The number of nitrogens with one attached hydrogen (secondary N) is 1. The molecule has 0 aliphatic heterocycles. The molecule has 0 saturated carbocycles. The van der Waals surface area contributed by atoms with E-state index < -0.39 is 0 Å². The molecule has 2 aromatic carbocycles. The van der Waals surface area contributed by atoms with Gasteiger partial charge in [-0.3, -0.25) is 10.1 Å². The molecular weight excluding hydrogens is 358 g/mol. The predicted octanol–water partition coefficient (Wildman–Crippen LogP) is 4.57. The van der Waals surface area contributed by atoms with Gasteiger partial charge in [-0.25, -0.2) is 0 Å². The molecule has 0 spiro atoms. The number of nitrogens with zero attached hydrogens (tertiary/aromatic N) is 2. The molecule has 0 bridgehead atoms. The summed E-state index contributed by atoms with van der Waals surface area (Å²) in [6, 6.07) is 14.4. The van der Waals surface area contributed by atoms with Crippen LogP contribution in [0.1, 0.15) is 35.1 Å². The van der Waals surface area contributed by atoms with Crippen molar-refractivity contribution in [1.82, 2.24) is 10.2 Å². The highest BCUT2D eigenvalue weighted by Gasteiger charge is 2.11. The molecule has 6 heteroatoms. The molecule has 140 valence electrons. The second-order valence-electron chi connectivity index (χ2n) is 6.40. The van der Waals surface area contributed by atoms with E-state index in [9.17, 15) is 4.79 Å². The fraction of sp³-hybridized carbons (Fsp3) is 0.286. The monoisotopic (exact) mass is 381 g/mol. The van der Waals surface area contributed by atoms with Crippen molar-refractivity contribution in [3.63, 3.8) is 0 Å². The average Bonchev–Trinajstić information content (AvgIpc) is 3.07. The van der Waals surface area contributed by atoms with Crippen LogP contribution in [0.15, 0.2) is 51.8 Å². The van der Waals surface area contributed by atoms with Crippen LogP contribution >= 0.6 is 11.8 Å². The normalized spacial score (nSPS) is 10.8. The Bertz CT molecular complexity index is 919. The number of thioether (sulfide) groups is 1. The summed E-state index contributed by atoms with van der Waals surface area (Å²) in [6.45, 7) is 6.22. The van der Waals surface area contributed by atoms with Crippen LogP contribution in [-0.4, -0.2) is 21.9 Å². The Balaban J connectivity index is 1.56. The molecule has 1 heterocycles. The maximum atomic E-state index is 12.2. The molecule has 1 aromatic heterocycles. The van der Waals surface area contributed by atoms with Crippen LogP contribution in [0.25, 0.3) is 0 Å². The summed E-state index contributed by atoms with van der Waals surface area (Å²) in [7, 11) is 0. The lowest BCUT2D eigenvalue weighted by Gasteiger charge is -2.04. The molecule has 3 rings (SSSR count). The Morgan fingerprint density at radius 3 is 2.48 bits per heavy atom. The van der Waals surface area contributed by atoms with Crippen molar-refractivity contribution in [2.24, 2.45) is 0 Å². The summed E-state index contributed by atoms with van der Waals surface area (Å²) in [4.78, 5) is 13.4. The summed E-state index contributed by atoms with van der Waals surface area (Å²) in [5.41, 5.74) is 4.43. The van der Waals surface area contributed by atoms with E-state index in [1.54, 1.807) is 11.8 Å². The lowest BCUT2D eigenvalue weighted by Crippen LogP contribution is -2.14. The minimum atomic E-state index is -0.172. The number of rotatable bonds is 7. The maximum absolute atomic E-state index is 12.2. The summed E-state index contributed by atoms with van der Waals surface area (Å²) in [5.74, 6) is 1.36. The summed E-state index contributed by atoms with van der Waals surface area (Å²) in [6.07, 6.45) is 0.812. The summed E-state index contributed by atoms with van der Waals surface area (Å²) < 4.78 is 5.56. The van der Waals surface area contributed by atoms with Crippen LogP contribution in [-0.2, 0) is 17.6 Å². The van der Waals surface area contributed by atoms with Crippen molar-refractivity contribution < 1.29 is 9.21 Å². The second kappa shape index (κ2) is 8.86. The number of carbonyl (C=O) groups is 1. The number of hydrogen-bond donors (Lipinski definition) is 1. The third kappa shape index (κ3) is 5.44. The van der Waals surface area contributed by atoms with Gasteiger partial charge < -0.3 is 4.42 Å². The van der Waals surface area contributed by atoms with Gasteiger partial charge in [-0.05, 0) is 54.0 Å². The number of aromatic nitrogens is 2.